The molecule has 5 rings (SSSR count). The van der Waals surface area contributed by atoms with Gasteiger partial charge in [-0.15, -0.1) is 0 Å². The number of carbonyl (C=O) groups excluding carboxylic acids is 3. The van der Waals surface area contributed by atoms with Gasteiger partial charge < -0.3 is 29.5 Å². The Bertz CT molecular complexity index is 1750. The molecule has 4 aromatic rings. The van der Waals surface area contributed by atoms with Crippen molar-refractivity contribution in [1.82, 2.24) is 9.80 Å². The maximum atomic E-state index is 13.7. The standard InChI is InChI=1S/C40H46N4O5/c1-29-17-19-30(20-18-29)32-12-7-8-13-33(32)39(46)41-34-22-21-31(28-37(34)48-4)40(47)43(3)35-14-9-10-15-36(35)49-27-11-5-6-16-38(45)44-25-23-42(2)24-26-44/h7-10,12-15,17-22,28H,5-6,11,16,23-27H2,1-4H3,(H,41,46). The van der Waals surface area contributed by atoms with Crippen LogP contribution in [0.2, 0.25) is 0 Å². The zero-order valence-corrected chi connectivity index (χ0v) is 28.9. The van der Waals surface area contributed by atoms with Crippen molar-refractivity contribution in [3.05, 3.63) is 108 Å². The zero-order chi connectivity index (χ0) is 34.8. The predicted octanol–water partition coefficient (Wildman–Crippen LogP) is 6.91. The van der Waals surface area contributed by atoms with Crippen molar-refractivity contribution in [1.29, 1.82) is 0 Å². The molecule has 1 aliphatic rings. The molecule has 0 unspecified atom stereocenters. The lowest BCUT2D eigenvalue weighted by Crippen LogP contribution is -2.47. The monoisotopic (exact) mass is 662 g/mol. The van der Waals surface area contributed by atoms with E-state index in [2.05, 4.69) is 17.3 Å². The van der Waals surface area contributed by atoms with Gasteiger partial charge in [-0.05, 0) is 80.8 Å². The highest BCUT2D eigenvalue weighted by atomic mass is 16.5. The van der Waals surface area contributed by atoms with Crippen LogP contribution in [0.15, 0.2) is 91.0 Å². The fourth-order valence-electron chi connectivity index (χ4n) is 5.89. The quantitative estimate of drug-likeness (QED) is 0.157. The minimum absolute atomic E-state index is 0.231. The minimum Gasteiger partial charge on any atom is -0.495 e. The fraction of sp³-hybridized carbons (Fsp3) is 0.325. The molecule has 9 heteroatoms. The summed E-state index contributed by atoms with van der Waals surface area (Å²) in [5.74, 6) is 0.679. The first kappa shape index (κ1) is 35.2. The molecule has 49 heavy (non-hydrogen) atoms. The number of anilines is 2. The van der Waals surface area contributed by atoms with Crippen molar-refractivity contribution in [3.8, 4) is 22.6 Å². The number of aryl methyl sites for hydroxylation is 1. The molecule has 0 saturated carbocycles. The summed E-state index contributed by atoms with van der Waals surface area (Å²) in [6, 6.07) is 27.9. The van der Waals surface area contributed by atoms with Gasteiger partial charge in [0.25, 0.3) is 11.8 Å². The molecule has 1 heterocycles. The Morgan fingerprint density at radius 1 is 0.816 bits per heavy atom. The van der Waals surface area contributed by atoms with Gasteiger partial charge in [0.2, 0.25) is 5.91 Å². The van der Waals surface area contributed by atoms with Crippen LogP contribution in [0.1, 0.15) is 52.0 Å². The molecule has 3 amide bonds. The molecule has 1 fully saturated rings. The van der Waals surface area contributed by atoms with Crippen LogP contribution in [0.4, 0.5) is 11.4 Å². The molecule has 4 aromatic carbocycles. The largest absolute Gasteiger partial charge is 0.495 e. The van der Waals surface area contributed by atoms with E-state index in [9.17, 15) is 14.4 Å². The maximum absolute atomic E-state index is 13.7. The Labute approximate surface area is 289 Å². The third-order valence-corrected chi connectivity index (χ3v) is 8.91. The summed E-state index contributed by atoms with van der Waals surface area (Å²) < 4.78 is 11.7. The first-order valence-corrected chi connectivity index (χ1v) is 16.9. The van der Waals surface area contributed by atoms with E-state index < -0.39 is 0 Å². The number of hydrogen-bond donors (Lipinski definition) is 1. The molecule has 256 valence electrons. The lowest BCUT2D eigenvalue weighted by atomic mass is 9.98. The molecule has 0 bridgehead atoms. The molecule has 0 aromatic heterocycles. The number of nitrogens with one attached hydrogen (secondary N) is 1. The van der Waals surface area contributed by atoms with Crippen LogP contribution in [0, 0.1) is 6.92 Å². The first-order chi connectivity index (χ1) is 23.7. The summed E-state index contributed by atoms with van der Waals surface area (Å²) in [6.45, 7) is 5.98. The SMILES string of the molecule is COc1cc(C(=O)N(C)c2ccccc2OCCCCCC(=O)N2CCN(C)CC2)ccc1NC(=O)c1ccccc1-c1ccc(C)cc1. The average Bonchev–Trinajstić information content (AvgIpc) is 3.13. The number of nitrogens with zero attached hydrogens (tertiary/aromatic N) is 3. The van der Waals surface area contributed by atoms with Gasteiger partial charge in [0, 0.05) is 50.8 Å². The first-order valence-electron chi connectivity index (χ1n) is 16.9. The Morgan fingerprint density at radius 3 is 2.29 bits per heavy atom. The second-order valence-electron chi connectivity index (χ2n) is 12.5. The van der Waals surface area contributed by atoms with Gasteiger partial charge >= 0.3 is 0 Å². The van der Waals surface area contributed by atoms with Gasteiger partial charge in [-0.2, -0.15) is 0 Å². The average molecular weight is 663 g/mol. The van der Waals surface area contributed by atoms with Crippen LogP contribution < -0.4 is 19.7 Å². The lowest BCUT2D eigenvalue weighted by molar-refractivity contribution is -0.132. The number of ether oxygens (including phenoxy) is 2. The van der Waals surface area contributed by atoms with Crippen molar-refractivity contribution >= 4 is 29.1 Å². The van der Waals surface area contributed by atoms with Crippen molar-refractivity contribution < 1.29 is 23.9 Å². The van der Waals surface area contributed by atoms with E-state index in [1.165, 1.54) is 7.11 Å². The summed E-state index contributed by atoms with van der Waals surface area (Å²) in [4.78, 5) is 45.4. The van der Waals surface area contributed by atoms with E-state index in [0.29, 0.717) is 47.0 Å². The van der Waals surface area contributed by atoms with Gasteiger partial charge in [0.05, 0.1) is 25.1 Å². The Balaban J connectivity index is 1.18. The van der Waals surface area contributed by atoms with Crippen LogP contribution in [0.5, 0.6) is 11.5 Å². The molecule has 9 nitrogen and oxygen atoms in total. The topological polar surface area (TPSA) is 91.4 Å². The second kappa shape index (κ2) is 16.8. The number of para-hydroxylation sites is 2. The van der Waals surface area contributed by atoms with Crippen molar-refractivity contribution in [2.45, 2.75) is 32.6 Å². The number of benzene rings is 4. The van der Waals surface area contributed by atoms with Crippen LogP contribution in [0.25, 0.3) is 11.1 Å². The zero-order valence-electron chi connectivity index (χ0n) is 28.9. The van der Waals surface area contributed by atoms with E-state index >= 15 is 0 Å². The normalized spacial score (nSPS) is 13.1. The lowest BCUT2D eigenvalue weighted by Gasteiger charge is -2.32. The second-order valence-corrected chi connectivity index (χ2v) is 12.5. The molecule has 0 spiro atoms. The summed E-state index contributed by atoms with van der Waals surface area (Å²) in [7, 11) is 5.30. The summed E-state index contributed by atoms with van der Waals surface area (Å²) in [6.07, 6.45) is 3.08. The van der Waals surface area contributed by atoms with Crippen LogP contribution in [0.3, 0.4) is 0 Å². The molecular formula is C40H46N4O5. The van der Waals surface area contributed by atoms with Crippen LogP contribution in [-0.2, 0) is 4.79 Å². The summed E-state index contributed by atoms with van der Waals surface area (Å²) in [5, 5.41) is 2.97. The smallest absolute Gasteiger partial charge is 0.258 e. The number of hydrogen-bond acceptors (Lipinski definition) is 6. The van der Waals surface area contributed by atoms with Crippen molar-refractivity contribution in [3.63, 3.8) is 0 Å². The van der Waals surface area contributed by atoms with Gasteiger partial charge in [-0.25, -0.2) is 0 Å². The summed E-state index contributed by atoms with van der Waals surface area (Å²) >= 11 is 0. The molecule has 1 saturated heterocycles. The van der Waals surface area contributed by atoms with E-state index in [-0.39, 0.29) is 17.7 Å². The molecule has 1 aliphatic heterocycles. The van der Waals surface area contributed by atoms with E-state index in [4.69, 9.17) is 9.47 Å². The van der Waals surface area contributed by atoms with Crippen molar-refractivity contribution in [2.24, 2.45) is 0 Å². The van der Waals surface area contributed by atoms with Crippen LogP contribution >= 0.6 is 0 Å². The number of methoxy groups -OCH3 is 1. The van der Waals surface area contributed by atoms with E-state index in [0.717, 1.165) is 62.1 Å². The highest BCUT2D eigenvalue weighted by Crippen LogP contribution is 2.32. The summed E-state index contributed by atoms with van der Waals surface area (Å²) in [5.41, 5.74) is 4.95. The molecule has 0 atom stereocenters. The van der Waals surface area contributed by atoms with E-state index in [1.807, 2.05) is 78.6 Å². The number of amides is 3. The van der Waals surface area contributed by atoms with Gasteiger partial charge in [-0.3, -0.25) is 14.4 Å². The minimum atomic E-state index is -0.279. The Hall–Kier alpha value is -5.15. The number of unbranched alkanes of at least 4 members (excludes halogenated alkanes) is 2. The van der Waals surface area contributed by atoms with Crippen LogP contribution in [-0.4, -0.2) is 81.5 Å². The maximum Gasteiger partial charge on any atom is 0.258 e. The van der Waals surface area contributed by atoms with E-state index in [1.54, 1.807) is 36.2 Å². The third-order valence-electron chi connectivity index (χ3n) is 8.91. The number of carbonyl (C=O) groups is 3. The molecule has 0 aliphatic carbocycles. The molecular weight excluding hydrogens is 616 g/mol. The van der Waals surface area contributed by atoms with Crippen molar-refractivity contribution in [2.75, 3.05) is 64.2 Å². The highest BCUT2D eigenvalue weighted by Gasteiger charge is 2.21. The number of likely N-dealkylation sites (N-methyl/N-ethyl adjacent to an activating group) is 1. The predicted molar refractivity (Wildman–Crippen MR) is 195 cm³/mol. The number of rotatable bonds is 13. The van der Waals surface area contributed by atoms with Gasteiger partial charge in [0.1, 0.15) is 11.5 Å². The van der Waals surface area contributed by atoms with Gasteiger partial charge in [-0.1, -0.05) is 60.2 Å². The Morgan fingerprint density at radius 2 is 1.53 bits per heavy atom. The Kier molecular flexibility index (Phi) is 12.1. The molecule has 1 N–H and O–H groups in total. The highest BCUT2D eigenvalue weighted by molar-refractivity contribution is 6.10. The molecule has 0 radical (unpaired) electrons. The third kappa shape index (κ3) is 9.06. The number of piperazine rings is 1. The fourth-order valence-corrected chi connectivity index (χ4v) is 5.89. The van der Waals surface area contributed by atoms with Gasteiger partial charge in [0.15, 0.2) is 0 Å².